The minimum atomic E-state index is -0.500. The molecule has 0 fully saturated rings. The summed E-state index contributed by atoms with van der Waals surface area (Å²) in [6, 6.07) is 13.4. The van der Waals surface area contributed by atoms with Gasteiger partial charge in [-0.25, -0.2) is 14.4 Å². The molecule has 0 aliphatic carbocycles. The molecular weight excluding hydrogens is 305 g/mol. The third-order valence-electron chi connectivity index (χ3n) is 3.83. The van der Waals surface area contributed by atoms with Crippen molar-refractivity contribution in [1.29, 1.82) is 0 Å². The van der Waals surface area contributed by atoms with Crippen LogP contribution in [0, 0.1) is 12.7 Å². The number of aromatic amines is 1. The van der Waals surface area contributed by atoms with Crippen LogP contribution in [0.2, 0.25) is 0 Å². The van der Waals surface area contributed by atoms with E-state index in [1.165, 1.54) is 6.20 Å². The molecule has 0 unspecified atom stereocenters. The number of anilines is 2. The number of aromatic nitrogens is 4. The third kappa shape index (κ3) is 2.58. The number of halogens is 1. The molecular formula is C18H14FN5. The Bertz CT molecular complexity index is 1020. The molecule has 2 N–H and O–H groups in total. The highest BCUT2D eigenvalue weighted by atomic mass is 19.1. The van der Waals surface area contributed by atoms with Crippen molar-refractivity contribution >= 4 is 22.4 Å². The van der Waals surface area contributed by atoms with Crippen molar-refractivity contribution < 1.29 is 4.39 Å². The summed E-state index contributed by atoms with van der Waals surface area (Å²) in [6.07, 6.45) is 2.91. The molecule has 2 aromatic carbocycles. The maximum absolute atomic E-state index is 14.1. The second kappa shape index (κ2) is 5.73. The van der Waals surface area contributed by atoms with E-state index >= 15 is 0 Å². The fourth-order valence-corrected chi connectivity index (χ4v) is 2.57. The first-order valence-corrected chi connectivity index (χ1v) is 7.49. The molecule has 0 saturated carbocycles. The molecule has 6 heteroatoms. The van der Waals surface area contributed by atoms with Gasteiger partial charge in [-0.05, 0) is 30.7 Å². The Labute approximate surface area is 137 Å². The van der Waals surface area contributed by atoms with Crippen molar-refractivity contribution in [2.45, 2.75) is 6.92 Å². The average molecular weight is 319 g/mol. The van der Waals surface area contributed by atoms with Gasteiger partial charge < -0.3 is 5.32 Å². The summed E-state index contributed by atoms with van der Waals surface area (Å²) in [6.45, 7) is 1.97. The first-order valence-electron chi connectivity index (χ1n) is 7.49. The van der Waals surface area contributed by atoms with E-state index in [2.05, 4.69) is 25.5 Å². The topological polar surface area (TPSA) is 66.5 Å². The molecule has 4 aromatic rings. The average Bonchev–Trinajstić information content (AvgIpc) is 3.05. The van der Waals surface area contributed by atoms with Gasteiger partial charge >= 0.3 is 0 Å². The Morgan fingerprint density at radius 1 is 1.08 bits per heavy atom. The van der Waals surface area contributed by atoms with Crippen molar-refractivity contribution in [3.8, 4) is 11.4 Å². The normalized spacial score (nSPS) is 10.9. The highest BCUT2D eigenvalue weighted by molar-refractivity contribution is 5.82. The predicted molar refractivity (Wildman–Crippen MR) is 91.5 cm³/mol. The molecule has 118 valence electrons. The summed E-state index contributed by atoms with van der Waals surface area (Å²) < 4.78 is 14.1. The van der Waals surface area contributed by atoms with Crippen LogP contribution < -0.4 is 5.32 Å². The fraction of sp³-hybridized carbons (Fsp3) is 0.0556. The van der Waals surface area contributed by atoms with E-state index in [0.717, 1.165) is 27.7 Å². The molecule has 24 heavy (non-hydrogen) atoms. The Morgan fingerprint density at radius 2 is 1.96 bits per heavy atom. The second-order valence-electron chi connectivity index (χ2n) is 5.50. The fourth-order valence-electron chi connectivity index (χ4n) is 2.57. The number of nitrogens with one attached hydrogen (secondary N) is 2. The van der Waals surface area contributed by atoms with Crippen LogP contribution in [0.15, 0.2) is 54.9 Å². The minimum Gasteiger partial charge on any atom is -0.338 e. The van der Waals surface area contributed by atoms with Gasteiger partial charge in [-0.15, -0.1) is 0 Å². The summed E-state index contributed by atoms with van der Waals surface area (Å²) in [5, 5.41) is 10.8. The van der Waals surface area contributed by atoms with E-state index in [1.807, 2.05) is 49.4 Å². The molecule has 0 spiro atoms. The molecule has 0 saturated heterocycles. The molecule has 0 aliphatic heterocycles. The SMILES string of the molecule is Cc1ccccc1-c1ncc(F)c(Nc2ccc3[nH]ncc3c2)n1. The molecule has 4 rings (SSSR count). The van der Waals surface area contributed by atoms with Gasteiger partial charge in [-0.3, -0.25) is 5.10 Å². The Hall–Kier alpha value is -3.28. The van der Waals surface area contributed by atoms with Crippen LogP contribution in [0.1, 0.15) is 5.56 Å². The summed E-state index contributed by atoms with van der Waals surface area (Å²) >= 11 is 0. The second-order valence-corrected chi connectivity index (χ2v) is 5.50. The maximum atomic E-state index is 14.1. The van der Waals surface area contributed by atoms with Crippen molar-refractivity contribution in [2.75, 3.05) is 5.32 Å². The molecule has 0 bridgehead atoms. The van der Waals surface area contributed by atoms with Crippen LogP contribution in [-0.2, 0) is 0 Å². The number of hydrogen-bond donors (Lipinski definition) is 2. The van der Waals surface area contributed by atoms with E-state index < -0.39 is 5.82 Å². The van der Waals surface area contributed by atoms with Crippen LogP contribution in [0.25, 0.3) is 22.3 Å². The van der Waals surface area contributed by atoms with Gasteiger partial charge in [0.05, 0.1) is 17.9 Å². The number of H-pyrrole nitrogens is 1. The molecule has 0 amide bonds. The number of nitrogens with zero attached hydrogens (tertiary/aromatic N) is 3. The van der Waals surface area contributed by atoms with Crippen molar-refractivity contribution in [3.05, 3.63) is 66.2 Å². The smallest absolute Gasteiger partial charge is 0.184 e. The van der Waals surface area contributed by atoms with Gasteiger partial charge in [0.25, 0.3) is 0 Å². The van der Waals surface area contributed by atoms with Gasteiger partial charge in [0.1, 0.15) is 0 Å². The molecule has 2 heterocycles. The van der Waals surface area contributed by atoms with E-state index in [-0.39, 0.29) is 5.82 Å². The Balaban J connectivity index is 1.72. The Kier molecular flexibility index (Phi) is 3.42. The molecule has 2 aromatic heterocycles. The number of fused-ring (bicyclic) bond motifs is 1. The number of hydrogen-bond acceptors (Lipinski definition) is 4. The zero-order chi connectivity index (χ0) is 16.5. The highest BCUT2D eigenvalue weighted by Crippen LogP contribution is 2.25. The van der Waals surface area contributed by atoms with E-state index in [0.29, 0.717) is 5.82 Å². The maximum Gasteiger partial charge on any atom is 0.184 e. The van der Waals surface area contributed by atoms with Crippen LogP contribution in [0.5, 0.6) is 0 Å². The Morgan fingerprint density at radius 3 is 2.83 bits per heavy atom. The van der Waals surface area contributed by atoms with Gasteiger partial charge in [-0.2, -0.15) is 5.10 Å². The predicted octanol–water partition coefficient (Wildman–Crippen LogP) is 4.21. The minimum absolute atomic E-state index is 0.145. The summed E-state index contributed by atoms with van der Waals surface area (Å²) in [5.41, 5.74) is 3.57. The van der Waals surface area contributed by atoms with E-state index in [1.54, 1.807) is 6.20 Å². The summed E-state index contributed by atoms with van der Waals surface area (Å²) in [4.78, 5) is 8.46. The van der Waals surface area contributed by atoms with Crippen molar-refractivity contribution in [3.63, 3.8) is 0 Å². The standard InChI is InChI=1S/C18H14FN5/c1-11-4-2-3-5-14(11)17-20-10-15(19)18(23-17)22-13-6-7-16-12(8-13)9-21-24-16/h2-10H,1H3,(H,21,24)(H,20,22,23). The lowest BCUT2D eigenvalue weighted by atomic mass is 10.1. The molecule has 0 aliphatic rings. The monoisotopic (exact) mass is 319 g/mol. The molecule has 0 atom stereocenters. The van der Waals surface area contributed by atoms with Crippen molar-refractivity contribution in [2.24, 2.45) is 0 Å². The summed E-state index contributed by atoms with van der Waals surface area (Å²) in [7, 11) is 0. The zero-order valence-electron chi connectivity index (χ0n) is 12.9. The largest absolute Gasteiger partial charge is 0.338 e. The van der Waals surface area contributed by atoms with Crippen LogP contribution in [-0.4, -0.2) is 20.2 Å². The number of rotatable bonds is 3. The lowest BCUT2D eigenvalue weighted by Crippen LogP contribution is -2.01. The number of benzene rings is 2. The van der Waals surface area contributed by atoms with Gasteiger partial charge in [0.15, 0.2) is 17.5 Å². The number of aryl methyl sites for hydroxylation is 1. The summed E-state index contributed by atoms with van der Waals surface area (Å²) in [5.74, 6) is 0.132. The first kappa shape index (κ1) is 14.3. The molecule has 5 nitrogen and oxygen atoms in total. The van der Waals surface area contributed by atoms with Gasteiger partial charge in [0, 0.05) is 16.6 Å². The lowest BCUT2D eigenvalue weighted by Gasteiger charge is -2.09. The first-order chi connectivity index (χ1) is 11.7. The highest BCUT2D eigenvalue weighted by Gasteiger charge is 2.11. The third-order valence-corrected chi connectivity index (χ3v) is 3.83. The van der Waals surface area contributed by atoms with Crippen LogP contribution >= 0.6 is 0 Å². The van der Waals surface area contributed by atoms with Crippen LogP contribution in [0.3, 0.4) is 0 Å². The van der Waals surface area contributed by atoms with Gasteiger partial charge in [-0.1, -0.05) is 24.3 Å². The lowest BCUT2D eigenvalue weighted by molar-refractivity contribution is 0.619. The quantitative estimate of drug-likeness (QED) is 0.593. The van der Waals surface area contributed by atoms with Crippen molar-refractivity contribution in [1.82, 2.24) is 20.2 Å². The van der Waals surface area contributed by atoms with Crippen LogP contribution in [0.4, 0.5) is 15.9 Å². The van der Waals surface area contributed by atoms with Gasteiger partial charge in [0.2, 0.25) is 0 Å². The van der Waals surface area contributed by atoms with E-state index in [9.17, 15) is 4.39 Å². The van der Waals surface area contributed by atoms with E-state index in [4.69, 9.17) is 0 Å². The molecule has 0 radical (unpaired) electrons. The zero-order valence-corrected chi connectivity index (χ0v) is 12.9.